The zero-order chi connectivity index (χ0) is 24.8. The number of carbonyl (C=O) groups is 1. The molecule has 4 aromatic rings. The average Bonchev–Trinajstić information content (AvgIpc) is 3.30. The quantitative estimate of drug-likeness (QED) is 0.206. The minimum absolute atomic E-state index is 0.0148. The van der Waals surface area contributed by atoms with Gasteiger partial charge >= 0.3 is 6.18 Å². The Morgan fingerprint density at radius 1 is 0.971 bits per heavy atom. The molecular weight excluding hydrogens is 475 g/mol. The summed E-state index contributed by atoms with van der Waals surface area (Å²) in [6.45, 7) is 1.53. The molecule has 10 heteroatoms. The first-order valence-corrected chi connectivity index (χ1v) is 11.5. The number of hydrogen-bond acceptors (Lipinski definition) is 5. The van der Waals surface area contributed by atoms with Crippen LogP contribution in [0.4, 0.5) is 13.2 Å². The Morgan fingerprint density at radius 2 is 1.66 bits per heavy atom. The molecule has 0 radical (unpaired) electrons. The normalized spacial score (nSPS) is 11.9. The number of amides is 1. The predicted molar refractivity (Wildman–Crippen MR) is 129 cm³/mol. The standard InChI is InChI=1S/C25H20F3N5OS/c1-17(19-11-8-12-20(15-19)25(26,27)28)29-30-22(34)16-35-24-32-31-23(18-9-4-2-5-10-18)33(24)21-13-6-3-7-14-21/h2-15H,16H2,1H3,(H,30,34). The molecule has 0 aliphatic carbocycles. The molecule has 4 rings (SSSR count). The highest BCUT2D eigenvalue weighted by molar-refractivity contribution is 7.99. The second kappa shape index (κ2) is 10.6. The number of nitrogens with one attached hydrogen (secondary N) is 1. The molecule has 0 saturated heterocycles. The Bertz CT molecular complexity index is 1340. The number of thioether (sulfide) groups is 1. The molecule has 1 aromatic heterocycles. The molecule has 0 atom stereocenters. The molecule has 1 N–H and O–H groups in total. The zero-order valence-electron chi connectivity index (χ0n) is 18.5. The Kier molecular flexibility index (Phi) is 7.31. The number of aromatic nitrogens is 3. The topological polar surface area (TPSA) is 72.2 Å². The molecule has 0 aliphatic heterocycles. The van der Waals surface area contributed by atoms with E-state index in [9.17, 15) is 18.0 Å². The first kappa shape index (κ1) is 24.2. The fourth-order valence-corrected chi connectivity index (χ4v) is 3.99. The lowest BCUT2D eigenvalue weighted by molar-refractivity contribution is -0.137. The largest absolute Gasteiger partial charge is 0.416 e. The van der Waals surface area contributed by atoms with Crippen molar-refractivity contribution in [3.8, 4) is 17.1 Å². The Balaban J connectivity index is 1.48. The van der Waals surface area contributed by atoms with Crippen LogP contribution in [0.25, 0.3) is 17.1 Å². The summed E-state index contributed by atoms with van der Waals surface area (Å²) in [6, 6.07) is 23.9. The minimum Gasteiger partial charge on any atom is -0.272 e. The van der Waals surface area contributed by atoms with Gasteiger partial charge in [0.2, 0.25) is 0 Å². The number of hydrogen-bond donors (Lipinski definition) is 1. The van der Waals surface area contributed by atoms with Gasteiger partial charge < -0.3 is 0 Å². The van der Waals surface area contributed by atoms with Crippen molar-refractivity contribution >= 4 is 23.4 Å². The molecule has 0 spiro atoms. The Morgan fingerprint density at radius 3 is 2.34 bits per heavy atom. The van der Waals surface area contributed by atoms with Crippen LogP contribution in [0.2, 0.25) is 0 Å². The molecule has 178 valence electrons. The van der Waals surface area contributed by atoms with Crippen molar-refractivity contribution in [3.05, 3.63) is 96.1 Å². The van der Waals surface area contributed by atoms with E-state index >= 15 is 0 Å². The van der Waals surface area contributed by atoms with Crippen molar-refractivity contribution in [2.24, 2.45) is 5.10 Å². The van der Waals surface area contributed by atoms with E-state index in [0.717, 1.165) is 23.4 Å². The van der Waals surface area contributed by atoms with E-state index in [1.54, 1.807) is 0 Å². The monoisotopic (exact) mass is 495 g/mol. The van der Waals surface area contributed by atoms with E-state index in [1.165, 1.54) is 30.8 Å². The number of carbonyl (C=O) groups excluding carboxylic acids is 1. The molecule has 0 aliphatic rings. The van der Waals surface area contributed by atoms with Crippen molar-refractivity contribution < 1.29 is 18.0 Å². The highest BCUT2D eigenvalue weighted by Crippen LogP contribution is 2.30. The van der Waals surface area contributed by atoms with Gasteiger partial charge in [0.1, 0.15) is 0 Å². The van der Waals surface area contributed by atoms with E-state index in [-0.39, 0.29) is 17.0 Å². The third-order valence-electron chi connectivity index (χ3n) is 4.97. The maximum absolute atomic E-state index is 12.9. The molecule has 1 amide bonds. The number of hydrazone groups is 1. The molecule has 1 heterocycles. The summed E-state index contributed by atoms with van der Waals surface area (Å²) < 4.78 is 40.7. The lowest BCUT2D eigenvalue weighted by Crippen LogP contribution is -2.21. The van der Waals surface area contributed by atoms with Crippen LogP contribution < -0.4 is 5.43 Å². The van der Waals surface area contributed by atoms with Crippen LogP contribution in [0.3, 0.4) is 0 Å². The van der Waals surface area contributed by atoms with Gasteiger partial charge in [0.05, 0.1) is 17.0 Å². The van der Waals surface area contributed by atoms with Crippen molar-refractivity contribution in [1.82, 2.24) is 20.2 Å². The van der Waals surface area contributed by atoms with E-state index in [4.69, 9.17) is 0 Å². The summed E-state index contributed by atoms with van der Waals surface area (Å²) in [5.41, 5.74) is 3.87. The van der Waals surface area contributed by atoms with Crippen molar-refractivity contribution in [1.29, 1.82) is 0 Å². The van der Waals surface area contributed by atoms with Gasteiger partial charge in [-0.25, -0.2) is 5.43 Å². The molecule has 0 saturated carbocycles. The average molecular weight is 496 g/mol. The van der Waals surface area contributed by atoms with Crippen LogP contribution >= 0.6 is 11.8 Å². The lowest BCUT2D eigenvalue weighted by atomic mass is 10.1. The van der Waals surface area contributed by atoms with E-state index in [0.29, 0.717) is 11.0 Å². The number of alkyl halides is 3. The SMILES string of the molecule is CC(=NNC(=O)CSc1nnc(-c2ccccc2)n1-c1ccccc1)c1cccc(C(F)(F)F)c1. The number of nitrogens with zero attached hydrogens (tertiary/aromatic N) is 4. The zero-order valence-corrected chi connectivity index (χ0v) is 19.3. The van der Waals surface area contributed by atoms with Crippen molar-refractivity contribution in [2.45, 2.75) is 18.3 Å². The molecule has 6 nitrogen and oxygen atoms in total. The highest BCUT2D eigenvalue weighted by Gasteiger charge is 2.30. The summed E-state index contributed by atoms with van der Waals surface area (Å²) in [5, 5.41) is 13.1. The van der Waals surface area contributed by atoms with Crippen LogP contribution in [0.15, 0.2) is 95.2 Å². The van der Waals surface area contributed by atoms with Gasteiger partial charge in [-0.15, -0.1) is 10.2 Å². The Labute approximate surface area is 203 Å². The summed E-state index contributed by atoms with van der Waals surface area (Å²) in [5.74, 6) is 0.197. The number of halogens is 3. The second-order valence-corrected chi connectivity index (χ2v) is 8.39. The summed E-state index contributed by atoms with van der Waals surface area (Å²) in [6.07, 6.45) is -4.45. The first-order valence-electron chi connectivity index (χ1n) is 10.5. The van der Waals surface area contributed by atoms with Crippen LogP contribution in [0.1, 0.15) is 18.1 Å². The van der Waals surface area contributed by atoms with Gasteiger partial charge in [0, 0.05) is 11.3 Å². The van der Waals surface area contributed by atoms with E-state index < -0.39 is 17.6 Å². The highest BCUT2D eigenvalue weighted by atomic mass is 32.2. The number of para-hydroxylation sites is 1. The number of rotatable bonds is 7. The minimum atomic E-state index is -4.45. The van der Waals surface area contributed by atoms with E-state index in [1.807, 2.05) is 65.2 Å². The van der Waals surface area contributed by atoms with Crippen LogP contribution in [-0.4, -0.2) is 32.1 Å². The van der Waals surface area contributed by atoms with Crippen molar-refractivity contribution in [2.75, 3.05) is 5.75 Å². The smallest absolute Gasteiger partial charge is 0.272 e. The molecule has 35 heavy (non-hydrogen) atoms. The third-order valence-corrected chi connectivity index (χ3v) is 5.90. The fraction of sp³-hybridized carbons (Fsp3) is 0.120. The van der Waals surface area contributed by atoms with Crippen LogP contribution in [0, 0.1) is 0 Å². The Hall–Kier alpha value is -3.92. The predicted octanol–water partition coefficient (Wildman–Crippen LogP) is 5.59. The maximum Gasteiger partial charge on any atom is 0.416 e. The molecule has 3 aromatic carbocycles. The summed E-state index contributed by atoms with van der Waals surface area (Å²) in [4.78, 5) is 12.4. The second-order valence-electron chi connectivity index (χ2n) is 7.44. The third kappa shape index (κ3) is 5.96. The van der Waals surface area contributed by atoms with Crippen LogP contribution in [0.5, 0.6) is 0 Å². The van der Waals surface area contributed by atoms with Gasteiger partial charge in [-0.05, 0) is 36.8 Å². The van der Waals surface area contributed by atoms with Gasteiger partial charge in [0.25, 0.3) is 5.91 Å². The van der Waals surface area contributed by atoms with Crippen LogP contribution in [-0.2, 0) is 11.0 Å². The maximum atomic E-state index is 12.9. The molecule has 0 unspecified atom stereocenters. The lowest BCUT2D eigenvalue weighted by Gasteiger charge is -2.10. The van der Waals surface area contributed by atoms with E-state index in [2.05, 4.69) is 20.7 Å². The van der Waals surface area contributed by atoms with Gasteiger partial charge in [0.15, 0.2) is 11.0 Å². The fourth-order valence-electron chi connectivity index (χ4n) is 3.24. The summed E-state index contributed by atoms with van der Waals surface area (Å²) >= 11 is 1.18. The molecular formula is C25H20F3N5OS. The number of benzene rings is 3. The van der Waals surface area contributed by atoms with Crippen molar-refractivity contribution in [3.63, 3.8) is 0 Å². The summed E-state index contributed by atoms with van der Waals surface area (Å²) in [7, 11) is 0. The van der Waals surface area contributed by atoms with Gasteiger partial charge in [-0.1, -0.05) is 72.4 Å². The van der Waals surface area contributed by atoms with Gasteiger partial charge in [-0.2, -0.15) is 18.3 Å². The first-order chi connectivity index (χ1) is 16.8. The molecule has 0 fully saturated rings. The molecule has 0 bridgehead atoms. The van der Waals surface area contributed by atoms with Gasteiger partial charge in [-0.3, -0.25) is 9.36 Å².